The molecule has 50 heavy (non-hydrogen) atoms. The van der Waals surface area contributed by atoms with Gasteiger partial charge in [-0.1, -0.05) is 121 Å². The normalized spacial score (nSPS) is 11.6. The topological polar surface area (TPSA) is 48.5 Å². The van der Waals surface area contributed by atoms with E-state index in [1.165, 1.54) is 21.8 Å². The first-order valence-electron chi connectivity index (χ1n) is 16.8. The van der Waals surface area contributed by atoms with Gasteiger partial charge in [-0.05, 0) is 54.1 Å². The van der Waals surface area contributed by atoms with E-state index in [2.05, 4.69) is 137 Å². The van der Waals surface area contributed by atoms with Crippen molar-refractivity contribution in [2.24, 2.45) is 0 Å². The third kappa shape index (κ3) is 4.45. The molecule has 10 rings (SSSR count). The molecule has 0 bridgehead atoms. The van der Waals surface area contributed by atoms with Crippen LogP contribution in [0, 0.1) is 0 Å². The van der Waals surface area contributed by atoms with Crippen LogP contribution in [0.5, 0.6) is 0 Å². The highest BCUT2D eigenvalue weighted by Crippen LogP contribution is 2.40. The van der Waals surface area contributed by atoms with E-state index >= 15 is 0 Å². The Morgan fingerprint density at radius 3 is 1.76 bits per heavy atom. The summed E-state index contributed by atoms with van der Waals surface area (Å²) in [6.07, 6.45) is 1.86. The number of para-hydroxylation sites is 3. The van der Waals surface area contributed by atoms with Crippen LogP contribution in [0.3, 0.4) is 0 Å². The highest BCUT2D eigenvalue weighted by atomic mass is 15.2. The lowest BCUT2D eigenvalue weighted by atomic mass is 10.0. The summed E-state index contributed by atoms with van der Waals surface area (Å²) in [6.45, 7) is 0. The Morgan fingerprint density at radius 1 is 0.400 bits per heavy atom. The molecule has 0 fully saturated rings. The number of fused-ring (bicyclic) bond motifs is 6. The quantitative estimate of drug-likeness (QED) is 0.188. The predicted octanol–water partition coefficient (Wildman–Crippen LogP) is 11.1. The lowest BCUT2D eigenvalue weighted by Gasteiger charge is -2.13. The molecule has 0 aliphatic heterocycles. The first kappa shape index (κ1) is 28.2. The van der Waals surface area contributed by atoms with Gasteiger partial charge in [-0.2, -0.15) is 0 Å². The molecule has 0 saturated carbocycles. The van der Waals surface area contributed by atoms with Gasteiger partial charge in [0.15, 0.2) is 0 Å². The van der Waals surface area contributed by atoms with Gasteiger partial charge < -0.3 is 4.57 Å². The zero-order valence-corrected chi connectivity index (χ0v) is 27.0. The summed E-state index contributed by atoms with van der Waals surface area (Å²) in [5, 5.41) is 3.51. The molecule has 0 unspecified atom stereocenters. The van der Waals surface area contributed by atoms with Crippen LogP contribution < -0.4 is 0 Å². The van der Waals surface area contributed by atoms with Crippen molar-refractivity contribution in [3.05, 3.63) is 176 Å². The van der Waals surface area contributed by atoms with Crippen molar-refractivity contribution in [3.8, 4) is 45.3 Å². The zero-order chi connectivity index (χ0) is 33.0. The molecule has 4 aromatic heterocycles. The number of benzene rings is 6. The Labute approximate surface area is 288 Å². The summed E-state index contributed by atoms with van der Waals surface area (Å²) >= 11 is 0. The number of nitrogens with zero attached hydrogens (tertiary/aromatic N) is 5. The molecular formula is C45H29N5. The molecule has 0 radical (unpaired) electrons. The highest BCUT2D eigenvalue weighted by Gasteiger charge is 2.20. The Bertz CT molecular complexity index is 2800. The van der Waals surface area contributed by atoms with Gasteiger partial charge in [0.1, 0.15) is 0 Å². The number of hydrogen-bond donors (Lipinski definition) is 0. The molecule has 0 aliphatic carbocycles. The second kappa shape index (κ2) is 11.4. The van der Waals surface area contributed by atoms with Crippen molar-refractivity contribution in [2.45, 2.75) is 0 Å². The first-order chi connectivity index (χ1) is 24.8. The maximum atomic E-state index is 5.18. The Kier molecular flexibility index (Phi) is 6.42. The molecule has 0 spiro atoms. The summed E-state index contributed by atoms with van der Waals surface area (Å²) in [7, 11) is 0. The van der Waals surface area contributed by atoms with Crippen molar-refractivity contribution >= 4 is 43.7 Å². The van der Waals surface area contributed by atoms with Crippen molar-refractivity contribution < 1.29 is 0 Å². The van der Waals surface area contributed by atoms with Gasteiger partial charge in [0.2, 0.25) is 5.95 Å². The van der Waals surface area contributed by atoms with E-state index in [1.807, 2.05) is 48.7 Å². The average Bonchev–Trinajstić information content (AvgIpc) is 3.71. The summed E-state index contributed by atoms with van der Waals surface area (Å²) in [5.74, 6) is 0.609. The van der Waals surface area contributed by atoms with Crippen LogP contribution in [-0.2, 0) is 0 Å². The summed E-state index contributed by atoms with van der Waals surface area (Å²) < 4.78 is 4.54. The van der Waals surface area contributed by atoms with E-state index in [9.17, 15) is 0 Å². The molecule has 0 atom stereocenters. The fraction of sp³-hybridized carbons (Fsp3) is 0. The van der Waals surface area contributed by atoms with E-state index in [0.717, 1.165) is 61.3 Å². The van der Waals surface area contributed by atoms with Crippen molar-refractivity contribution in [3.63, 3.8) is 0 Å². The minimum Gasteiger partial charge on any atom is -0.309 e. The molecule has 5 nitrogen and oxygen atoms in total. The molecule has 0 N–H and O–H groups in total. The standard InChI is InChI=1S/C45H29N5/c1-4-14-30(15-5-1)38-29-39(31-16-6-2-7-17-31)48-45(47-38)50-41-26-25-32(28-37(41)43-42(50)24-13-27-46-43)34-21-12-22-36-35-20-10-11-23-40(35)49(44(34)36)33-18-8-3-9-19-33/h1-29H. The molecule has 5 heteroatoms. The van der Waals surface area contributed by atoms with Crippen LogP contribution in [0.4, 0.5) is 0 Å². The second-order valence-electron chi connectivity index (χ2n) is 12.5. The largest absolute Gasteiger partial charge is 0.309 e. The van der Waals surface area contributed by atoms with Crippen LogP contribution in [0.25, 0.3) is 89.0 Å². The third-order valence-corrected chi connectivity index (χ3v) is 9.59. The number of hydrogen-bond acceptors (Lipinski definition) is 3. The van der Waals surface area contributed by atoms with E-state index in [1.54, 1.807) is 0 Å². The van der Waals surface area contributed by atoms with Gasteiger partial charge >= 0.3 is 0 Å². The van der Waals surface area contributed by atoms with E-state index in [0.29, 0.717) is 5.95 Å². The highest BCUT2D eigenvalue weighted by molar-refractivity contribution is 6.15. The SMILES string of the molecule is c1ccc(-c2cc(-c3ccccc3)nc(-n3c4ccc(-c5cccc6c7ccccc7n(-c7ccccc7)c56)cc4c4ncccc43)n2)cc1. The van der Waals surface area contributed by atoms with E-state index in [4.69, 9.17) is 15.0 Å². The van der Waals surface area contributed by atoms with Crippen molar-refractivity contribution in [1.82, 2.24) is 24.1 Å². The minimum atomic E-state index is 0.609. The van der Waals surface area contributed by atoms with Gasteiger partial charge in [0.25, 0.3) is 0 Å². The number of rotatable bonds is 5. The molecule has 10 aromatic rings. The van der Waals surface area contributed by atoms with Crippen LogP contribution >= 0.6 is 0 Å². The fourth-order valence-electron chi connectivity index (χ4n) is 7.36. The summed E-state index contributed by atoms with van der Waals surface area (Å²) in [6, 6.07) is 59.4. The Balaban J connectivity index is 1.23. The number of aromatic nitrogens is 5. The molecular weight excluding hydrogens is 611 g/mol. The monoisotopic (exact) mass is 639 g/mol. The molecule has 234 valence electrons. The lowest BCUT2D eigenvalue weighted by Crippen LogP contribution is -2.04. The van der Waals surface area contributed by atoms with Crippen molar-refractivity contribution in [1.29, 1.82) is 0 Å². The number of pyridine rings is 1. The van der Waals surface area contributed by atoms with Gasteiger partial charge in [0.05, 0.1) is 39.0 Å². The van der Waals surface area contributed by atoms with Crippen LogP contribution in [0.1, 0.15) is 0 Å². The molecule has 0 amide bonds. The maximum Gasteiger partial charge on any atom is 0.235 e. The lowest BCUT2D eigenvalue weighted by molar-refractivity contribution is 0.994. The molecule has 0 aliphatic rings. The van der Waals surface area contributed by atoms with E-state index < -0.39 is 0 Å². The summed E-state index contributed by atoms with van der Waals surface area (Å²) in [5.41, 5.74) is 12.5. The van der Waals surface area contributed by atoms with Gasteiger partial charge in [-0.25, -0.2) is 9.97 Å². The van der Waals surface area contributed by atoms with Crippen LogP contribution in [0.2, 0.25) is 0 Å². The minimum absolute atomic E-state index is 0.609. The molecule has 0 saturated heterocycles. The van der Waals surface area contributed by atoms with Gasteiger partial charge in [-0.3, -0.25) is 9.55 Å². The smallest absolute Gasteiger partial charge is 0.235 e. The first-order valence-corrected chi connectivity index (χ1v) is 16.8. The fourth-order valence-corrected chi connectivity index (χ4v) is 7.36. The Morgan fingerprint density at radius 2 is 1.02 bits per heavy atom. The van der Waals surface area contributed by atoms with Crippen molar-refractivity contribution in [2.75, 3.05) is 0 Å². The Hall–Kier alpha value is -6.85. The molecule has 4 heterocycles. The van der Waals surface area contributed by atoms with Crippen LogP contribution in [0.15, 0.2) is 176 Å². The van der Waals surface area contributed by atoms with Crippen LogP contribution in [-0.4, -0.2) is 24.1 Å². The summed E-state index contributed by atoms with van der Waals surface area (Å²) in [4.78, 5) is 15.3. The second-order valence-corrected chi connectivity index (χ2v) is 12.5. The predicted molar refractivity (Wildman–Crippen MR) is 205 cm³/mol. The van der Waals surface area contributed by atoms with Gasteiger partial charge in [0, 0.05) is 44.7 Å². The maximum absolute atomic E-state index is 5.18. The molecule has 6 aromatic carbocycles. The van der Waals surface area contributed by atoms with Gasteiger partial charge in [-0.15, -0.1) is 0 Å². The average molecular weight is 640 g/mol. The third-order valence-electron chi connectivity index (χ3n) is 9.59. The van der Waals surface area contributed by atoms with E-state index in [-0.39, 0.29) is 0 Å². The zero-order valence-electron chi connectivity index (χ0n) is 27.0.